The van der Waals surface area contributed by atoms with Gasteiger partial charge in [-0.15, -0.1) is 0 Å². The maximum absolute atomic E-state index is 11.1. The van der Waals surface area contributed by atoms with Crippen molar-refractivity contribution < 1.29 is 14.3 Å². The maximum Gasteiger partial charge on any atom is 0.322 e. The zero-order chi connectivity index (χ0) is 12.1. The quantitative estimate of drug-likeness (QED) is 0.812. The van der Waals surface area contributed by atoms with Crippen molar-refractivity contribution in [1.29, 1.82) is 0 Å². The lowest BCUT2D eigenvalue weighted by Gasteiger charge is -2.10. The van der Waals surface area contributed by atoms with Crippen molar-refractivity contribution in [1.82, 2.24) is 0 Å². The molecule has 0 saturated carbocycles. The van der Waals surface area contributed by atoms with E-state index in [1.807, 2.05) is 6.07 Å². The molecule has 16 heavy (non-hydrogen) atoms. The second-order valence-electron chi connectivity index (χ2n) is 3.30. The highest BCUT2D eigenvalue weighted by atomic mass is 35.5. The predicted octanol–water partition coefficient (Wildman–Crippen LogP) is 1.39. The molecule has 0 amide bonds. The van der Waals surface area contributed by atoms with Gasteiger partial charge in [0.25, 0.3) is 0 Å². The summed E-state index contributed by atoms with van der Waals surface area (Å²) in [6.07, 6.45) is 0.385. The van der Waals surface area contributed by atoms with Crippen LogP contribution >= 0.6 is 11.6 Å². The van der Waals surface area contributed by atoms with Crippen LogP contribution in [0.5, 0.6) is 5.75 Å². The standard InChI is InChI=1S/C11H14ClNO3/c1-15-10-4-3-7(5-8(10)12)6-9(13)11(14)16-2/h3-5,9H,6,13H2,1-2H3. The Balaban J connectivity index is 2.75. The van der Waals surface area contributed by atoms with Crippen LogP contribution in [0.4, 0.5) is 0 Å². The van der Waals surface area contributed by atoms with Gasteiger partial charge in [-0.1, -0.05) is 17.7 Å². The molecular formula is C11H14ClNO3. The molecule has 1 aromatic rings. The van der Waals surface area contributed by atoms with Crippen molar-refractivity contribution in [3.63, 3.8) is 0 Å². The van der Waals surface area contributed by atoms with Crippen LogP contribution in [0.15, 0.2) is 18.2 Å². The minimum Gasteiger partial charge on any atom is -0.495 e. The summed E-state index contributed by atoms with van der Waals surface area (Å²) in [5.41, 5.74) is 6.50. The fourth-order valence-electron chi connectivity index (χ4n) is 1.33. The molecule has 0 aliphatic rings. The molecule has 5 heteroatoms. The van der Waals surface area contributed by atoms with Crippen molar-refractivity contribution in [2.45, 2.75) is 12.5 Å². The molecule has 2 N–H and O–H groups in total. The molecule has 1 rings (SSSR count). The Hall–Kier alpha value is -1.26. The van der Waals surface area contributed by atoms with Gasteiger partial charge >= 0.3 is 5.97 Å². The van der Waals surface area contributed by atoms with Gasteiger partial charge < -0.3 is 15.2 Å². The number of benzene rings is 1. The monoisotopic (exact) mass is 243 g/mol. The lowest BCUT2D eigenvalue weighted by atomic mass is 10.1. The molecular weight excluding hydrogens is 230 g/mol. The van der Waals surface area contributed by atoms with Gasteiger partial charge in [-0.2, -0.15) is 0 Å². The van der Waals surface area contributed by atoms with Gasteiger partial charge in [0.15, 0.2) is 0 Å². The molecule has 1 atom stereocenters. The molecule has 0 bridgehead atoms. The number of carbonyl (C=O) groups is 1. The molecule has 0 saturated heterocycles. The van der Waals surface area contributed by atoms with E-state index in [4.69, 9.17) is 22.1 Å². The zero-order valence-corrected chi connectivity index (χ0v) is 9.95. The molecule has 0 radical (unpaired) electrons. The maximum atomic E-state index is 11.1. The number of ether oxygens (including phenoxy) is 2. The predicted molar refractivity (Wildman–Crippen MR) is 61.7 cm³/mol. The Labute approximate surface area is 99.3 Å². The van der Waals surface area contributed by atoms with E-state index in [9.17, 15) is 4.79 Å². The van der Waals surface area contributed by atoms with Crippen molar-refractivity contribution in [3.05, 3.63) is 28.8 Å². The van der Waals surface area contributed by atoms with Gasteiger partial charge in [0.2, 0.25) is 0 Å². The van der Waals surface area contributed by atoms with E-state index in [-0.39, 0.29) is 0 Å². The minimum absolute atomic E-state index is 0.385. The van der Waals surface area contributed by atoms with Crippen LogP contribution in [0, 0.1) is 0 Å². The van der Waals surface area contributed by atoms with Crippen molar-refractivity contribution >= 4 is 17.6 Å². The van der Waals surface area contributed by atoms with Crippen LogP contribution < -0.4 is 10.5 Å². The molecule has 0 aliphatic heterocycles. The van der Waals surface area contributed by atoms with Gasteiger partial charge in [0.05, 0.1) is 19.2 Å². The highest BCUT2D eigenvalue weighted by Crippen LogP contribution is 2.25. The van der Waals surface area contributed by atoms with E-state index in [1.165, 1.54) is 7.11 Å². The van der Waals surface area contributed by atoms with Gasteiger partial charge in [-0.25, -0.2) is 0 Å². The molecule has 0 aromatic heterocycles. The fourth-order valence-corrected chi connectivity index (χ4v) is 1.61. The fraction of sp³-hybridized carbons (Fsp3) is 0.364. The van der Waals surface area contributed by atoms with Gasteiger partial charge in [0, 0.05) is 0 Å². The van der Waals surface area contributed by atoms with E-state index in [0.717, 1.165) is 5.56 Å². The smallest absolute Gasteiger partial charge is 0.322 e. The number of methoxy groups -OCH3 is 2. The van der Waals surface area contributed by atoms with E-state index in [2.05, 4.69) is 4.74 Å². The second kappa shape index (κ2) is 5.72. The summed E-state index contributed by atoms with van der Waals surface area (Å²) in [6.45, 7) is 0. The topological polar surface area (TPSA) is 61.5 Å². The number of hydrogen-bond acceptors (Lipinski definition) is 4. The summed E-state index contributed by atoms with van der Waals surface area (Å²) in [5.74, 6) is 0.156. The second-order valence-corrected chi connectivity index (χ2v) is 3.71. The minimum atomic E-state index is -0.672. The summed E-state index contributed by atoms with van der Waals surface area (Å²) >= 11 is 5.94. The van der Waals surface area contributed by atoms with Gasteiger partial charge in [0.1, 0.15) is 11.8 Å². The highest BCUT2D eigenvalue weighted by Gasteiger charge is 2.14. The molecule has 88 valence electrons. The summed E-state index contributed by atoms with van der Waals surface area (Å²) in [7, 11) is 2.85. The molecule has 4 nitrogen and oxygen atoms in total. The number of hydrogen-bond donors (Lipinski definition) is 1. The third-order valence-electron chi connectivity index (χ3n) is 2.18. The summed E-state index contributed by atoms with van der Waals surface area (Å²) < 4.78 is 9.56. The largest absolute Gasteiger partial charge is 0.495 e. The van der Waals surface area contributed by atoms with Crippen molar-refractivity contribution in [2.24, 2.45) is 5.73 Å². The Morgan fingerprint density at radius 2 is 2.19 bits per heavy atom. The number of nitrogens with two attached hydrogens (primary N) is 1. The number of esters is 1. The first-order valence-corrected chi connectivity index (χ1v) is 5.12. The first kappa shape index (κ1) is 12.8. The molecule has 1 unspecified atom stereocenters. The average molecular weight is 244 g/mol. The van der Waals surface area contributed by atoms with Gasteiger partial charge in [-0.05, 0) is 24.1 Å². The van der Waals surface area contributed by atoms with Crippen LogP contribution in [0.25, 0.3) is 0 Å². The SMILES string of the molecule is COC(=O)C(N)Cc1ccc(OC)c(Cl)c1. The third-order valence-corrected chi connectivity index (χ3v) is 2.47. The summed E-state index contributed by atoms with van der Waals surface area (Å²) in [4.78, 5) is 11.1. The highest BCUT2D eigenvalue weighted by molar-refractivity contribution is 6.32. The van der Waals surface area contributed by atoms with Crippen molar-refractivity contribution in [3.8, 4) is 5.75 Å². The number of carbonyl (C=O) groups excluding carboxylic acids is 1. The van der Waals surface area contributed by atoms with E-state index < -0.39 is 12.0 Å². The van der Waals surface area contributed by atoms with E-state index >= 15 is 0 Å². The first-order chi connectivity index (χ1) is 7.58. The van der Waals surface area contributed by atoms with Gasteiger partial charge in [-0.3, -0.25) is 4.79 Å². The average Bonchev–Trinajstić information content (AvgIpc) is 2.28. The molecule has 0 spiro atoms. The molecule has 0 heterocycles. The molecule has 0 fully saturated rings. The van der Waals surface area contributed by atoms with Crippen molar-refractivity contribution in [2.75, 3.05) is 14.2 Å². The van der Waals surface area contributed by atoms with Crippen LogP contribution in [-0.2, 0) is 16.0 Å². The van der Waals surface area contributed by atoms with E-state index in [0.29, 0.717) is 17.2 Å². The Kier molecular flexibility index (Phi) is 4.58. The van der Waals surface area contributed by atoms with E-state index in [1.54, 1.807) is 19.2 Å². The Morgan fingerprint density at radius 1 is 1.50 bits per heavy atom. The van der Waals surface area contributed by atoms with Crippen LogP contribution in [0.3, 0.4) is 0 Å². The lowest BCUT2D eigenvalue weighted by molar-refractivity contribution is -0.142. The Bertz CT molecular complexity index is 381. The Morgan fingerprint density at radius 3 is 2.69 bits per heavy atom. The van der Waals surface area contributed by atoms with Crippen LogP contribution in [0.1, 0.15) is 5.56 Å². The third kappa shape index (κ3) is 3.12. The molecule has 1 aromatic carbocycles. The summed E-state index contributed by atoms with van der Waals surface area (Å²) in [5, 5.41) is 0.497. The van der Waals surface area contributed by atoms with Crippen LogP contribution in [-0.4, -0.2) is 26.2 Å². The number of rotatable bonds is 4. The zero-order valence-electron chi connectivity index (χ0n) is 9.20. The van der Waals surface area contributed by atoms with Crippen LogP contribution in [0.2, 0.25) is 5.02 Å². The normalized spacial score (nSPS) is 12.0. The molecule has 0 aliphatic carbocycles. The lowest BCUT2D eigenvalue weighted by Crippen LogP contribution is -2.33. The number of halogens is 1. The summed E-state index contributed by atoms with van der Waals surface area (Å²) in [6, 6.07) is 4.60. The first-order valence-electron chi connectivity index (χ1n) is 4.74.